The smallest absolute Gasteiger partial charge is 0.217 e. The Labute approximate surface area is 206 Å². The van der Waals surface area contributed by atoms with Crippen LogP contribution in [0.2, 0.25) is 0 Å². The minimum Gasteiger partial charge on any atom is -0.493 e. The third-order valence-corrected chi connectivity index (χ3v) is 7.29. The van der Waals surface area contributed by atoms with Gasteiger partial charge in [-0.2, -0.15) is 0 Å². The van der Waals surface area contributed by atoms with Gasteiger partial charge in [-0.25, -0.2) is 0 Å². The number of nitrogens with zero attached hydrogens (tertiary/aromatic N) is 1. The molecule has 1 aliphatic heterocycles. The molecule has 3 aromatic carbocycles. The van der Waals surface area contributed by atoms with Gasteiger partial charge >= 0.3 is 0 Å². The molecule has 0 bridgehead atoms. The maximum atomic E-state index is 12.5. The molecule has 6 nitrogen and oxygen atoms in total. The highest BCUT2D eigenvalue weighted by atomic mass is 16.9. The Kier molecular flexibility index (Phi) is 6.64. The first-order valence-corrected chi connectivity index (χ1v) is 12.1. The highest BCUT2D eigenvalue weighted by molar-refractivity contribution is 5.65. The summed E-state index contributed by atoms with van der Waals surface area (Å²) in [6.07, 6.45) is 4.20. The first-order chi connectivity index (χ1) is 17.1. The molecule has 0 spiro atoms. The lowest BCUT2D eigenvalue weighted by molar-refractivity contribution is -0.769. The van der Waals surface area contributed by atoms with Crippen molar-refractivity contribution in [3.63, 3.8) is 0 Å². The molecule has 6 heteroatoms. The SMILES string of the molecule is COc1ccc([C@H]2C=[N+]([O-])O[C@H](O[C@@H]3CCCC3(c3ccccc3)c3ccccc3)C2)cc1OC. The monoisotopic (exact) mass is 473 g/mol. The van der Waals surface area contributed by atoms with Crippen LogP contribution < -0.4 is 9.47 Å². The van der Waals surface area contributed by atoms with E-state index in [1.54, 1.807) is 14.2 Å². The number of hydrogen-bond acceptors (Lipinski definition) is 5. The fraction of sp³-hybridized carbons (Fsp3) is 0.345. The summed E-state index contributed by atoms with van der Waals surface area (Å²) < 4.78 is 17.5. The Bertz CT molecular complexity index is 1120. The number of ether oxygens (including phenoxy) is 3. The van der Waals surface area contributed by atoms with Gasteiger partial charge in [0.1, 0.15) is 0 Å². The first-order valence-electron chi connectivity index (χ1n) is 12.1. The molecule has 0 amide bonds. The second-order valence-electron chi connectivity index (χ2n) is 9.15. The predicted octanol–water partition coefficient (Wildman–Crippen LogP) is 5.59. The van der Waals surface area contributed by atoms with E-state index in [0.29, 0.717) is 22.8 Å². The molecule has 1 heterocycles. The third kappa shape index (κ3) is 4.46. The van der Waals surface area contributed by atoms with Crippen molar-refractivity contribution in [3.05, 3.63) is 101 Å². The molecule has 3 atom stereocenters. The molecule has 1 aliphatic carbocycles. The summed E-state index contributed by atoms with van der Waals surface area (Å²) >= 11 is 0. The number of methoxy groups -OCH3 is 2. The summed E-state index contributed by atoms with van der Waals surface area (Å²) in [6, 6.07) is 26.8. The summed E-state index contributed by atoms with van der Waals surface area (Å²) in [4.78, 5) is 6.15. The zero-order valence-corrected chi connectivity index (χ0v) is 20.1. The van der Waals surface area contributed by atoms with E-state index in [1.165, 1.54) is 17.3 Å². The van der Waals surface area contributed by atoms with Crippen molar-refractivity contribution in [1.82, 2.24) is 0 Å². The molecule has 5 rings (SSSR count). The maximum Gasteiger partial charge on any atom is 0.217 e. The summed E-state index contributed by atoms with van der Waals surface area (Å²) in [5.74, 6) is 1.11. The topological polar surface area (TPSA) is 63.0 Å². The van der Waals surface area contributed by atoms with E-state index in [-0.39, 0.29) is 17.4 Å². The van der Waals surface area contributed by atoms with Crippen LogP contribution >= 0.6 is 0 Å². The Morgan fingerprint density at radius 1 is 0.886 bits per heavy atom. The number of hydrogen-bond donors (Lipinski definition) is 0. The van der Waals surface area contributed by atoms with Crippen LogP contribution in [-0.2, 0) is 15.0 Å². The Morgan fingerprint density at radius 2 is 1.54 bits per heavy atom. The van der Waals surface area contributed by atoms with Crippen LogP contribution in [0, 0.1) is 5.21 Å². The van der Waals surface area contributed by atoms with Crippen LogP contribution in [0.1, 0.15) is 48.3 Å². The zero-order chi connectivity index (χ0) is 24.3. The van der Waals surface area contributed by atoms with Crippen molar-refractivity contribution in [2.75, 3.05) is 14.2 Å². The average molecular weight is 474 g/mol. The highest BCUT2D eigenvalue weighted by Crippen LogP contribution is 2.49. The molecule has 0 saturated heterocycles. The zero-order valence-electron chi connectivity index (χ0n) is 20.1. The molecule has 0 unspecified atom stereocenters. The van der Waals surface area contributed by atoms with Crippen LogP contribution in [0.15, 0.2) is 78.9 Å². The fourth-order valence-electron chi connectivity index (χ4n) is 5.63. The first kappa shape index (κ1) is 23.2. The molecule has 182 valence electrons. The van der Waals surface area contributed by atoms with E-state index in [0.717, 1.165) is 24.8 Å². The van der Waals surface area contributed by atoms with Crippen molar-refractivity contribution >= 4 is 6.21 Å². The molecular weight excluding hydrogens is 442 g/mol. The van der Waals surface area contributed by atoms with Gasteiger partial charge < -0.3 is 19.0 Å². The number of rotatable bonds is 7. The van der Waals surface area contributed by atoms with E-state index in [2.05, 4.69) is 48.5 Å². The van der Waals surface area contributed by atoms with E-state index >= 15 is 0 Å². The summed E-state index contributed by atoms with van der Waals surface area (Å²) in [6.45, 7) is 0. The fourth-order valence-corrected chi connectivity index (χ4v) is 5.63. The van der Waals surface area contributed by atoms with Crippen LogP contribution in [0.4, 0.5) is 0 Å². The standard InChI is InChI=1S/C29H31NO5/c1-32-25-16-15-21(18-26(25)33-2)22-19-28(35-30(31)20-22)34-27-14-9-17-29(27,23-10-5-3-6-11-23)24-12-7-4-8-13-24/h3-8,10-13,15-16,18,20,22,27-28H,9,14,17,19H2,1-2H3/t22-,27-,28+/m1/s1. The molecule has 1 fully saturated rings. The molecular formula is C29H31NO5. The van der Waals surface area contributed by atoms with Gasteiger partial charge in [-0.15, -0.1) is 0 Å². The van der Waals surface area contributed by atoms with Crippen LogP contribution in [0.5, 0.6) is 11.5 Å². The van der Waals surface area contributed by atoms with Crippen molar-refractivity contribution in [2.45, 2.75) is 49.4 Å². The second kappa shape index (κ2) is 10.0. The summed E-state index contributed by atoms with van der Waals surface area (Å²) in [7, 11) is 3.21. The minimum atomic E-state index is -0.662. The minimum absolute atomic E-state index is 0.116. The third-order valence-electron chi connectivity index (χ3n) is 7.29. The lowest BCUT2D eigenvalue weighted by Gasteiger charge is -2.39. The van der Waals surface area contributed by atoms with Gasteiger partial charge in [-0.05, 0) is 48.1 Å². The molecule has 1 saturated carbocycles. The lowest BCUT2D eigenvalue weighted by atomic mass is 9.71. The summed E-state index contributed by atoms with van der Waals surface area (Å²) in [5, 5.41) is 12.5. The molecule has 0 N–H and O–H groups in total. The summed E-state index contributed by atoms with van der Waals surface area (Å²) in [5.41, 5.74) is 3.11. The van der Waals surface area contributed by atoms with E-state index < -0.39 is 6.29 Å². The van der Waals surface area contributed by atoms with Gasteiger partial charge in [0.05, 0.1) is 26.2 Å². The number of benzene rings is 3. The van der Waals surface area contributed by atoms with Crippen molar-refractivity contribution < 1.29 is 24.0 Å². The second-order valence-corrected chi connectivity index (χ2v) is 9.15. The maximum absolute atomic E-state index is 12.5. The van der Waals surface area contributed by atoms with Crippen molar-refractivity contribution in [3.8, 4) is 11.5 Å². The van der Waals surface area contributed by atoms with Gasteiger partial charge in [0.15, 0.2) is 17.8 Å². The van der Waals surface area contributed by atoms with Crippen molar-refractivity contribution in [1.29, 1.82) is 0 Å². The molecule has 2 aliphatic rings. The normalized spacial score (nSPS) is 23.3. The van der Waals surface area contributed by atoms with Crippen LogP contribution in [-0.4, -0.2) is 37.7 Å². The molecule has 0 aromatic heterocycles. The lowest BCUT2D eigenvalue weighted by Crippen LogP contribution is -2.42. The van der Waals surface area contributed by atoms with Crippen molar-refractivity contribution in [2.24, 2.45) is 0 Å². The van der Waals surface area contributed by atoms with Gasteiger partial charge in [0, 0.05) is 16.7 Å². The van der Waals surface area contributed by atoms with E-state index in [9.17, 15) is 5.21 Å². The molecule has 35 heavy (non-hydrogen) atoms. The van der Waals surface area contributed by atoms with Crippen LogP contribution in [0.3, 0.4) is 0 Å². The Balaban J connectivity index is 1.43. The quantitative estimate of drug-likeness (QED) is 0.419. The molecule has 3 aromatic rings. The van der Waals surface area contributed by atoms with Gasteiger partial charge in [0.2, 0.25) is 6.21 Å². The average Bonchev–Trinajstić information content (AvgIpc) is 3.33. The Morgan fingerprint density at radius 3 is 2.17 bits per heavy atom. The van der Waals surface area contributed by atoms with Gasteiger partial charge in [-0.3, -0.25) is 5.21 Å². The van der Waals surface area contributed by atoms with Crippen LogP contribution in [0.25, 0.3) is 0 Å². The highest BCUT2D eigenvalue weighted by Gasteiger charge is 2.47. The van der Waals surface area contributed by atoms with E-state index in [1.807, 2.05) is 30.3 Å². The van der Waals surface area contributed by atoms with E-state index in [4.69, 9.17) is 19.0 Å². The van der Waals surface area contributed by atoms with Gasteiger partial charge in [0.25, 0.3) is 0 Å². The molecule has 0 radical (unpaired) electrons. The van der Waals surface area contributed by atoms with Gasteiger partial charge in [-0.1, -0.05) is 66.7 Å². The largest absolute Gasteiger partial charge is 0.493 e. The predicted molar refractivity (Wildman–Crippen MR) is 134 cm³/mol. The Hall–Kier alpha value is -3.51.